The Bertz CT molecular complexity index is 56.5. The lowest BCUT2D eigenvalue weighted by Crippen LogP contribution is -1.89. The zero-order valence-electron chi connectivity index (χ0n) is 4.23. The second kappa shape index (κ2) is 10.1. The first kappa shape index (κ1) is 10.9. The Morgan fingerprint density at radius 1 is 1.75 bits per heavy atom. The summed E-state index contributed by atoms with van der Waals surface area (Å²) in [5.74, 6) is -0.690. The molecule has 0 spiro atoms. The fourth-order valence-electron chi connectivity index (χ4n) is 0. The number of halogens is 2. The van der Waals surface area contributed by atoms with E-state index in [1.165, 1.54) is 0 Å². The van der Waals surface area contributed by atoms with Crippen LogP contribution in [-0.2, 0) is 9.68 Å². The van der Waals surface area contributed by atoms with Crippen molar-refractivity contribution >= 4 is 29.2 Å². The molecule has 0 bridgehead atoms. The van der Waals surface area contributed by atoms with Crippen molar-refractivity contribution in [1.82, 2.24) is 0 Å². The quantitative estimate of drug-likeness (QED) is 0.332. The van der Waals surface area contributed by atoms with Crippen LogP contribution in [0.3, 0.4) is 0 Å². The summed E-state index contributed by atoms with van der Waals surface area (Å²) in [5.41, 5.74) is 0. The minimum Gasteiger partial charge on any atom is -0.301 e. The first-order valence-electron chi connectivity index (χ1n) is 1.63. The molecule has 0 saturated heterocycles. The SMILES string of the molecule is CC(=O)OO.ClCCl. The van der Waals surface area contributed by atoms with Gasteiger partial charge in [-0.2, -0.15) is 5.26 Å². The Balaban J connectivity index is 0. The maximum absolute atomic E-state index is 9.34. The van der Waals surface area contributed by atoms with E-state index in [9.17, 15) is 4.79 Å². The largest absolute Gasteiger partial charge is 0.339 e. The molecule has 0 radical (unpaired) electrons. The molecule has 0 saturated carbocycles. The van der Waals surface area contributed by atoms with E-state index in [0.29, 0.717) is 0 Å². The number of hydrogen-bond acceptors (Lipinski definition) is 3. The molecule has 0 rings (SSSR count). The summed E-state index contributed by atoms with van der Waals surface area (Å²) in [6, 6.07) is 0. The number of carbonyl (C=O) groups excluding carboxylic acids is 1. The van der Waals surface area contributed by atoms with Crippen LogP contribution in [0.1, 0.15) is 6.92 Å². The van der Waals surface area contributed by atoms with E-state index < -0.39 is 5.97 Å². The van der Waals surface area contributed by atoms with E-state index in [-0.39, 0.29) is 5.34 Å². The lowest BCUT2D eigenvalue weighted by molar-refractivity contribution is -0.231. The Kier molecular flexibility index (Phi) is 13.7. The van der Waals surface area contributed by atoms with Crippen molar-refractivity contribution in [2.24, 2.45) is 0 Å². The van der Waals surface area contributed by atoms with Gasteiger partial charge in [0.2, 0.25) is 0 Å². The molecule has 1 N–H and O–H groups in total. The fraction of sp³-hybridized carbons (Fsp3) is 0.667. The van der Waals surface area contributed by atoms with E-state index in [4.69, 9.17) is 28.5 Å². The van der Waals surface area contributed by atoms with Crippen molar-refractivity contribution in [3.05, 3.63) is 0 Å². The van der Waals surface area contributed by atoms with Crippen LogP contribution in [0, 0.1) is 0 Å². The topological polar surface area (TPSA) is 46.5 Å². The lowest BCUT2D eigenvalue weighted by atomic mass is 10.9. The molecule has 0 fully saturated rings. The van der Waals surface area contributed by atoms with Gasteiger partial charge in [-0.25, -0.2) is 4.79 Å². The average Bonchev–Trinajstić information content (AvgIpc) is 1.69. The lowest BCUT2D eigenvalue weighted by Gasteiger charge is -1.76. The molecule has 0 aromatic heterocycles. The summed E-state index contributed by atoms with van der Waals surface area (Å²) in [6.45, 7) is 1.11. The van der Waals surface area contributed by atoms with Crippen LogP contribution in [0.15, 0.2) is 0 Å². The van der Waals surface area contributed by atoms with Crippen molar-refractivity contribution in [3.8, 4) is 0 Å². The van der Waals surface area contributed by atoms with E-state index in [1.807, 2.05) is 0 Å². The van der Waals surface area contributed by atoms with Crippen LogP contribution < -0.4 is 0 Å². The molecular formula is C3H6Cl2O3. The normalized spacial score (nSPS) is 6.50. The Morgan fingerprint density at radius 3 is 1.88 bits per heavy atom. The maximum Gasteiger partial charge on any atom is 0.339 e. The molecule has 5 heteroatoms. The summed E-state index contributed by atoms with van der Waals surface area (Å²) in [4.78, 5) is 12.5. The Labute approximate surface area is 57.1 Å². The minimum atomic E-state index is -0.690. The number of alkyl halides is 2. The van der Waals surface area contributed by atoms with Crippen LogP contribution in [0.2, 0.25) is 0 Å². The molecule has 3 nitrogen and oxygen atoms in total. The van der Waals surface area contributed by atoms with Gasteiger partial charge in [-0.1, -0.05) is 0 Å². The maximum atomic E-state index is 9.34. The fourth-order valence-corrected chi connectivity index (χ4v) is 0. The molecular weight excluding hydrogens is 155 g/mol. The van der Waals surface area contributed by atoms with E-state index in [2.05, 4.69) is 4.89 Å². The minimum absolute atomic E-state index is 0.194. The zero-order chi connectivity index (χ0) is 6.99. The van der Waals surface area contributed by atoms with Crippen LogP contribution in [0.5, 0.6) is 0 Å². The number of carbonyl (C=O) groups is 1. The number of rotatable bonds is 0. The van der Waals surface area contributed by atoms with Crippen LogP contribution in [0.4, 0.5) is 0 Å². The zero-order valence-corrected chi connectivity index (χ0v) is 5.74. The van der Waals surface area contributed by atoms with Gasteiger partial charge in [0.1, 0.15) is 0 Å². The molecule has 0 aromatic carbocycles. The average molecular weight is 161 g/mol. The highest BCUT2D eigenvalue weighted by molar-refractivity contribution is 6.40. The highest BCUT2D eigenvalue weighted by atomic mass is 35.5. The monoisotopic (exact) mass is 160 g/mol. The van der Waals surface area contributed by atoms with E-state index in [0.717, 1.165) is 6.92 Å². The molecule has 50 valence electrons. The first-order valence-corrected chi connectivity index (χ1v) is 2.69. The Hall–Kier alpha value is 0.01000. The van der Waals surface area contributed by atoms with Crippen molar-refractivity contribution in [1.29, 1.82) is 0 Å². The third-order valence-corrected chi connectivity index (χ3v) is 0.129. The highest BCUT2D eigenvalue weighted by Gasteiger charge is 1.79. The van der Waals surface area contributed by atoms with E-state index >= 15 is 0 Å². The van der Waals surface area contributed by atoms with Gasteiger partial charge in [-0.3, -0.25) is 0 Å². The molecule has 0 heterocycles. The summed E-state index contributed by atoms with van der Waals surface area (Å²) in [5, 5.41) is 7.49. The van der Waals surface area contributed by atoms with Gasteiger partial charge in [0.15, 0.2) is 0 Å². The third kappa shape index (κ3) is 37.3. The van der Waals surface area contributed by atoms with Gasteiger partial charge >= 0.3 is 5.97 Å². The van der Waals surface area contributed by atoms with Gasteiger partial charge in [0.25, 0.3) is 0 Å². The van der Waals surface area contributed by atoms with Gasteiger partial charge in [0.05, 0.1) is 5.34 Å². The van der Waals surface area contributed by atoms with Crippen molar-refractivity contribution < 1.29 is 14.9 Å². The van der Waals surface area contributed by atoms with Crippen LogP contribution in [0.25, 0.3) is 0 Å². The summed E-state index contributed by atoms with van der Waals surface area (Å²) >= 11 is 9.53. The van der Waals surface area contributed by atoms with Crippen LogP contribution >= 0.6 is 23.2 Å². The standard InChI is InChI=1S/C2H4O3.CH2Cl2/c1-2(3)5-4;2-1-3/h4H,1H3;1H2. The van der Waals surface area contributed by atoms with Gasteiger partial charge < -0.3 is 4.89 Å². The predicted octanol–water partition coefficient (Wildman–Crippen LogP) is 1.44. The molecule has 0 aromatic rings. The highest BCUT2D eigenvalue weighted by Crippen LogP contribution is 1.73. The van der Waals surface area contributed by atoms with Gasteiger partial charge in [-0.15, -0.1) is 23.2 Å². The van der Waals surface area contributed by atoms with Gasteiger partial charge in [-0.05, 0) is 0 Å². The molecule has 0 atom stereocenters. The third-order valence-electron chi connectivity index (χ3n) is 0.129. The van der Waals surface area contributed by atoms with Gasteiger partial charge in [0, 0.05) is 6.92 Å². The summed E-state index contributed by atoms with van der Waals surface area (Å²) in [6.07, 6.45) is 0. The van der Waals surface area contributed by atoms with E-state index in [1.54, 1.807) is 0 Å². The van der Waals surface area contributed by atoms with Crippen molar-refractivity contribution in [2.75, 3.05) is 5.34 Å². The summed E-state index contributed by atoms with van der Waals surface area (Å²) < 4.78 is 0. The Morgan fingerprint density at radius 2 is 1.88 bits per heavy atom. The molecule has 0 amide bonds. The molecule has 0 aliphatic carbocycles. The second-order valence-corrected chi connectivity index (χ2v) is 1.49. The molecule has 0 unspecified atom stereocenters. The second-order valence-electron chi connectivity index (χ2n) is 0.684. The number of hydrogen-bond donors (Lipinski definition) is 1. The van der Waals surface area contributed by atoms with Crippen LogP contribution in [-0.4, -0.2) is 16.6 Å². The first-order chi connectivity index (χ1) is 3.68. The molecule has 0 aliphatic heterocycles. The molecule has 8 heavy (non-hydrogen) atoms. The molecule has 0 aliphatic rings. The summed E-state index contributed by atoms with van der Waals surface area (Å²) in [7, 11) is 0. The predicted molar refractivity (Wildman–Crippen MR) is 31.0 cm³/mol. The smallest absolute Gasteiger partial charge is 0.301 e. The van der Waals surface area contributed by atoms with Crippen molar-refractivity contribution in [2.45, 2.75) is 6.92 Å². The van der Waals surface area contributed by atoms with Crippen molar-refractivity contribution in [3.63, 3.8) is 0 Å².